The first-order valence-electron chi connectivity index (χ1n) is 5.73. The molecule has 1 heterocycles. The highest BCUT2D eigenvalue weighted by Crippen LogP contribution is 2.07. The molecule has 0 radical (unpaired) electrons. The molecule has 0 aromatic heterocycles. The molecule has 0 aromatic rings. The summed E-state index contributed by atoms with van der Waals surface area (Å²) >= 11 is 0. The Kier molecular flexibility index (Phi) is 6.43. The molecule has 0 spiro atoms. The SMILES string of the molecule is O=C(O)C1COCCN1C(=O)NCCOCC(F)F. The number of nitrogens with zero attached hydrogens (tertiary/aromatic N) is 1. The average molecular weight is 282 g/mol. The molecule has 0 saturated carbocycles. The second-order valence-electron chi connectivity index (χ2n) is 3.82. The number of halogens is 2. The van der Waals surface area contributed by atoms with Gasteiger partial charge < -0.3 is 24.8 Å². The zero-order valence-electron chi connectivity index (χ0n) is 10.2. The predicted octanol–water partition coefficient (Wildman–Crippen LogP) is -0.237. The maximum absolute atomic E-state index is 11.8. The molecule has 1 aliphatic rings. The van der Waals surface area contributed by atoms with Gasteiger partial charge in [0.1, 0.15) is 6.61 Å². The summed E-state index contributed by atoms with van der Waals surface area (Å²) in [5.41, 5.74) is 0. The van der Waals surface area contributed by atoms with Crippen molar-refractivity contribution >= 4 is 12.0 Å². The van der Waals surface area contributed by atoms with Gasteiger partial charge in [-0.1, -0.05) is 0 Å². The summed E-state index contributed by atoms with van der Waals surface area (Å²) in [6.07, 6.45) is -2.55. The van der Waals surface area contributed by atoms with E-state index in [1.807, 2.05) is 0 Å². The minimum atomic E-state index is -2.55. The normalized spacial score (nSPS) is 19.5. The fourth-order valence-corrected chi connectivity index (χ4v) is 1.56. The molecule has 0 aromatic carbocycles. The third-order valence-electron chi connectivity index (χ3n) is 2.44. The minimum Gasteiger partial charge on any atom is -0.480 e. The lowest BCUT2D eigenvalue weighted by Gasteiger charge is -2.32. The Morgan fingerprint density at radius 2 is 2.26 bits per heavy atom. The first kappa shape index (κ1) is 15.6. The molecule has 1 atom stereocenters. The van der Waals surface area contributed by atoms with E-state index >= 15 is 0 Å². The van der Waals surface area contributed by atoms with Gasteiger partial charge in [-0.2, -0.15) is 0 Å². The third-order valence-corrected chi connectivity index (χ3v) is 2.44. The highest BCUT2D eigenvalue weighted by Gasteiger charge is 2.32. The summed E-state index contributed by atoms with van der Waals surface area (Å²) < 4.78 is 33.1. The second kappa shape index (κ2) is 7.85. The van der Waals surface area contributed by atoms with Crippen LogP contribution in [0.25, 0.3) is 0 Å². The summed E-state index contributed by atoms with van der Waals surface area (Å²) in [5.74, 6) is -1.15. The van der Waals surface area contributed by atoms with Crippen LogP contribution in [0.5, 0.6) is 0 Å². The summed E-state index contributed by atoms with van der Waals surface area (Å²) in [4.78, 5) is 23.8. The van der Waals surface area contributed by atoms with Crippen molar-refractivity contribution in [3.8, 4) is 0 Å². The van der Waals surface area contributed by atoms with Crippen molar-refractivity contribution in [1.29, 1.82) is 0 Å². The van der Waals surface area contributed by atoms with E-state index in [0.29, 0.717) is 0 Å². The van der Waals surface area contributed by atoms with Crippen molar-refractivity contribution in [3.05, 3.63) is 0 Å². The van der Waals surface area contributed by atoms with Crippen molar-refractivity contribution in [2.75, 3.05) is 39.5 Å². The third kappa shape index (κ3) is 5.35. The number of hydrogen-bond donors (Lipinski definition) is 2. The number of amides is 2. The van der Waals surface area contributed by atoms with Gasteiger partial charge in [-0.05, 0) is 0 Å². The molecule has 0 aliphatic carbocycles. The van der Waals surface area contributed by atoms with Gasteiger partial charge >= 0.3 is 12.0 Å². The van der Waals surface area contributed by atoms with Crippen molar-refractivity contribution in [3.63, 3.8) is 0 Å². The van der Waals surface area contributed by atoms with E-state index in [2.05, 4.69) is 10.1 Å². The number of rotatable bonds is 6. The molecule has 19 heavy (non-hydrogen) atoms. The van der Waals surface area contributed by atoms with Crippen molar-refractivity contribution in [2.24, 2.45) is 0 Å². The number of hydrogen-bond acceptors (Lipinski definition) is 4. The van der Waals surface area contributed by atoms with Crippen LogP contribution < -0.4 is 5.32 Å². The Labute approximate surface area is 108 Å². The summed E-state index contributed by atoms with van der Waals surface area (Å²) in [7, 11) is 0. The van der Waals surface area contributed by atoms with Gasteiger partial charge in [0.25, 0.3) is 6.43 Å². The Bertz CT molecular complexity index is 316. The van der Waals surface area contributed by atoms with Crippen LogP contribution in [0.1, 0.15) is 0 Å². The number of nitrogens with one attached hydrogen (secondary N) is 1. The van der Waals surface area contributed by atoms with Crippen LogP contribution in [-0.2, 0) is 14.3 Å². The Morgan fingerprint density at radius 1 is 1.53 bits per heavy atom. The fraction of sp³-hybridized carbons (Fsp3) is 0.800. The average Bonchev–Trinajstić information content (AvgIpc) is 2.37. The van der Waals surface area contributed by atoms with Crippen LogP contribution in [-0.4, -0.2) is 74.0 Å². The van der Waals surface area contributed by atoms with Crippen molar-refractivity contribution < 1.29 is 33.0 Å². The largest absolute Gasteiger partial charge is 0.480 e. The van der Waals surface area contributed by atoms with Gasteiger partial charge in [-0.3, -0.25) is 0 Å². The number of aliphatic carboxylic acids is 1. The number of alkyl halides is 2. The first-order valence-corrected chi connectivity index (χ1v) is 5.73. The molecule has 1 rings (SSSR count). The van der Waals surface area contributed by atoms with Crippen molar-refractivity contribution in [2.45, 2.75) is 12.5 Å². The molecule has 7 nitrogen and oxygen atoms in total. The van der Waals surface area contributed by atoms with Gasteiger partial charge in [0, 0.05) is 13.1 Å². The lowest BCUT2D eigenvalue weighted by atomic mass is 10.2. The summed E-state index contributed by atoms with van der Waals surface area (Å²) in [6, 6.07) is -1.60. The molecule has 1 fully saturated rings. The quantitative estimate of drug-likeness (QED) is 0.657. The number of carbonyl (C=O) groups excluding carboxylic acids is 1. The van der Waals surface area contributed by atoms with Gasteiger partial charge in [0.2, 0.25) is 0 Å². The Hall–Kier alpha value is -1.48. The highest BCUT2D eigenvalue weighted by molar-refractivity contribution is 5.82. The van der Waals surface area contributed by atoms with Crippen molar-refractivity contribution in [1.82, 2.24) is 10.2 Å². The van der Waals surface area contributed by atoms with E-state index < -0.39 is 31.1 Å². The van der Waals surface area contributed by atoms with Crippen LogP contribution in [0, 0.1) is 0 Å². The summed E-state index contributed by atoms with van der Waals surface area (Å²) in [6.45, 7) is -0.344. The van der Waals surface area contributed by atoms with Crippen LogP contribution in [0.2, 0.25) is 0 Å². The maximum Gasteiger partial charge on any atom is 0.328 e. The van der Waals surface area contributed by atoms with Crippen LogP contribution in [0.15, 0.2) is 0 Å². The summed E-state index contributed by atoms with van der Waals surface area (Å²) in [5, 5.41) is 11.3. The molecule has 2 N–H and O–H groups in total. The topological polar surface area (TPSA) is 88.1 Å². The number of carboxylic acids is 1. The Balaban J connectivity index is 2.29. The number of carbonyl (C=O) groups is 2. The Morgan fingerprint density at radius 3 is 2.89 bits per heavy atom. The van der Waals surface area contributed by atoms with Gasteiger partial charge in [-0.25, -0.2) is 18.4 Å². The minimum absolute atomic E-state index is 0.0370. The lowest BCUT2D eigenvalue weighted by molar-refractivity contribution is -0.147. The predicted molar refractivity (Wildman–Crippen MR) is 59.2 cm³/mol. The highest BCUT2D eigenvalue weighted by atomic mass is 19.3. The molecule has 2 amide bonds. The number of urea groups is 1. The zero-order valence-corrected chi connectivity index (χ0v) is 10.2. The lowest BCUT2D eigenvalue weighted by Crippen LogP contribution is -2.55. The first-order chi connectivity index (χ1) is 9.02. The van der Waals surface area contributed by atoms with Crippen LogP contribution in [0.3, 0.4) is 0 Å². The van der Waals surface area contributed by atoms with E-state index in [1.54, 1.807) is 0 Å². The monoisotopic (exact) mass is 282 g/mol. The van der Waals surface area contributed by atoms with Gasteiger partial charge in [-0.15, -0.1) is 0 Å². The molecule has 0 bridgehead atoms. The fourth-order valence-electron chi connectivity index (χ4n) is 1.56. The van der Waals surface area contributed by atoms with Gasteiger partial charge in [0.15, 0.2) is 6.04 Å². The molecule has 9 heteroatoms. The van der Waals surface area contributed by atoms with E-state index in [-0.39, 0.29) is 32.9 Å². The number of ether oxygens (including phenoxy) is 2. The molecular weight excluding hydrogens is 266 g/mol. The van der Waals surface area contributed by atoms with Crippen LogP contribution >= 0.6 is 0 Å². The van der Waals surface area contributed by atoms with Crippen LogP contribution in [0.4, 0.5) is 13.6 Å². The smallest absolute Gasteiger partial charge is 0.328 e. The molecule has 1 aliphatic heterocycles. The molecule has 1 saturated heterocycles. The van der Waals surface area contributed by atoms with E-state index in [1.165, 1.54) is 0 Å². The second-order valence-corrected chi connectivity index (χ2v) is 3.82. The molecule has 110 valence electrons. The van der Waals surface area contributed by atoms with E-state index in [0.717, 1.165) is 4.90 Å². The molecule has 1 unspecified atom stereocenters. The zero-order chi connectivity index (χ0) is 14.3. The molecular formula is C10H16F2N2O5. The number of carboxylic acid groups (broad SMARTS) is 1. The number of morpholine rings is 1. The van der Waals surface area contributed by atoms with Gasteiger partial charge in [0.05, 0.1) is 19.8 Å². The maximum atomic E-state index is 11.8. The van der Waals surface area contributed by atoms with E-state index in [9.17, 15) is 18.4 Å². The van der Waals surface area contributed by atoms with E-state index in [4.69, 9.17) is 9.84 Å². The standard InChI is InChI=1S/C10H16F2N2O5/c11-8(12)6-18-3-1-13-10(17)14-2-4-19-5-7(14)9(15)16/h7-8H,1-6H2,(H,13,17)(H,15,16).